The Morgan fingerprint density at radius 2 is 1.74 bits per heavy atom. The fourth-order valence-electron chi connectivity index (χ4n) is 2.35. The van der Waals surface area contributed by atoms with E-state index in [1.807, 2.05) is 6.07 Å². The number of rotatable bonds is 3. The van der Waals surface area contributed by atoms with Crippen molar-refractivity contribution in [2.45, 2.75) is 24.2 Å². The number of anilines is 1. The van der Waals surface area contributed by atoms with Crippen LogP contribution >= 0.6 is 0 Å². The number of fused-ring (bicyclic) bond motifs is 1. The van der Waals surface area contributed by atoms with E-state index in [0.717, 1.165) is 24.8 Å². The quantitative estimate of drug-likeness (QED) is 0.934. The zero-order valence-electron chi connectivity index (χ0n) is 10.3. The van der Waals surface area contributed by atoms with Crippen LogP contribution in [0, 0.1) is 0 Å². The number of hydrogen-bond donors (Lipinski definition) is 1. The summed E-state index contributed by atoms with van der Waals surface area (Å²) in [6.45, 7) is 0. The van der Waals surface area contributed by atoms with E-state index >= 15 is 0 Å². The van der Waals surface area contributed by atoms with Gasteiger partial charge in [0.25, 0.3) is 10.0 Å². The lowest BCUT2D eigenvalue weighted by Crippen LogP contribution is -2.13. The molecule has 0 saturated carbocycles. The Hall–Kier alpha value is -1.88. The molecule has 1 aliphatic carbocycles. The Kier molecular flexibility index (Phi) is 2.98. The molecule has 0 radical (unpaired) electrons. The Labute approximate surface area is 112 Å². The second-order valence-corrected chi connectivity index (χ2v) is 6.31. The van der Waals surface area contributed by atoms with Gasteiger partial charge in [-0.2, -0.15) is 0 Å². The molecule has 0 aliphatic heterocycles. The van der Waals surface area contributed by atoms with Crippen LogP contribution in [-0.2, 0) is 22.9 Å². The second kappa shape index (κ2) is 4.66. The van der Waals surface area contributed by atoms with Crippen molar-refractivity contribution >= 4 is 15.7 Å². The van der Waals surface area contributed by atoms with Crippen molar-refractivity contribution in [1.82, 2.24) is 4.98 Å². The molecule has 19 heavy (non-hydrogen) atoms. The molecule has 5 heteroatoms. The zero-order chi connectivity index (χ0) is 13.3. The summed E-state index contributed by atoms with van der Waals surface area (Å²) in [5.74, 6) is 0. The van der Waals surface area contributed by atoms with Gasteiger partial charge in [-0.1, -0.05) is 6.07 Å². The third-order valence-electron chi connectivity index (χ3n) is 3.31. The molecule has 3 rings (SSSR count). The maximum atomic E-state index is 12.3. The zero-order valence-corrected chi connectivity index (χ0v) is 11.2. The van der Waals surface area contributed by atoms with Crippen molar-refractivity contribution in [2.75, 3.05) is 4.72 Å². The van der Waals surface area contributed by atoms with E-state index in [4.69, 9.17) is 0 Å². The number of nitrogens with one attached hydrogen (secondary N) is 1. The summed E-state index contributed by atoms with van der Waals surface area (Å²) in [5.41, 5.74) is 2.94. The predicted octanol–water partition coefficient (Wildman–Crippen LogP) is 2.37. The minimum absolute atomic E-state index is 0.324. The molecule has 0 saturated heterocycles. The number of pyridine rings is 1. The number of hydrogen-bond acceptors (Lipinski definition) is 3. The van der Waals surface area contributed by atoms with Gasteiger partial charge in [-0.3, -0.25) is 9.71 Å². The lowest BCUT2D eigenvalue weighted by atomic mass is 10.1. The van der Waals surface area contributed by atoms with Crippen LogP contribution in [0.1, 0.15) is 17.5 Å². The first-order chi connectivity index (χ1) is 9.15. The van der Waals surface area contributed by atoms with Gasteiger partial charge in [0.2, 0.25) is 0 Å². The van der Waals surface area contributed by atoms with E-state index in [9.17, 15) is 8.42 Å². The lowest BCUT2D eigenvalue weighted by Gasteiger charge is -2.09. The molecule has 1 aromatic heterocycles. The minimum Gasteiger partial charge on any atom is -0.280 e. The maximum absolute atomic E-state index is 12.3. The third kappa shape index (κ3) is 2.46. The van der Waals surface area contributed by atoms with Crippen LogP contribution in [0.15, 0.2) is 47.6 Å². The van der Waals surface area contributed by atoms with Gasteiger partial charge < -0.3 is 0 Å². The highest BCUT2D eigenvalue weighted by atomic mass is 32.2. The van der Waals surface area contributed by atoms with Crippen LogP contribution < -0.4 is 4.72 Å². The van der Waals surface area contributed by atoms with Gasteiger partial charge in [-0.05, 0) is 54.7 Å². The van der Waals surface area contributed by atoms with Crippen molar-refractivity contribution in [1.29, 1.82) is 0 Å². The molecule has 0 spiro atoms. The van der Waals surface area contributed by atoms with Crippen LogP contribution in [0.5, 0.6) is 0 Å². The summed E-state index contributed by atoms with van der Waals surface area (Å²) in [4.78, 5) is 4.18. The second-order valence-electron chi connectivity index (χ2n) is 4.63. The smallest absolute Gasteiger partial charge is 0.261 e. The SMILES string of the molecule is O=S(=O)(Nc1ccncc1)c1ccc2c(c1)CCC2. The molecule has 1 aromatic carbocycles. The van der Waals surface area contributed by atoms with Gasteiger partial charge in [0.05, 0.1) is 10.6 Å². The molecule has 4 nitrogen and oxygen atoms in total. The topological polar surface area (TPSA) is 59.1 Å². The Morgan fingerprint density at radius 3 is 2.53 bits per heavy atom. The van der Waals surface area contributed by atoms with Gasteiger partial charge in [0.1, 0.15) is 0 Å². The fourth-order valence-corrected chi connectivity index (χ4v) is 3.46. The van der Waals surface area contributed by atoms with E-state index in [1.165, 1.54) is 5.56 Å². The first kappa shape index (κ1) is 12.2. The average Bonchev–Trinajstić information content (AvgIpc) is 2.86. The van der Waals surface area contributed by atoms with Crippen molar-refractivity contribution in [3.05, 3.63) is 53.9 Å². The van der Waals surface area contributed by atoms with E-state index in [-0.39, 0.29) is 0 Å². The van der Waals surface area contributed by atoms with Gasteiger partial charge in [0.15, 0.2) is 0 Å². The van der Waals surface area contributed by atoms with Gasteiger partial charge in [0, 0.05) is 12.4 Å². The lowest BCUT2D eigenvalue weighted by molar-refractivity contribution is 0.601. The molecule has 1 N–H and O–H groups in total. The van der Waals surface area contributed by atoms with Crippen molar-refractivity contribution in [3.8, 4) is 0 Å². The normalized spacial score (nSPS) is 14.1. The molecule has 0 fully saturated rings. The predicted molar refractivity (Wildman–Crippen MR) is 73.5 cm³/mol. The van der Waals surface area contributed by atoms with Crippen LogP contribution in [-0.4, -0.2) is 13.4 Å². The monoisotopic (exact) mass is 274 g/mol. The average molecular weight is 274 g/mol. The van der Waals surface area contributed by atoms with Crippen molar-refractivity contribution in [3.63, 3.8) is 0 Å². The van der Waals surface area contributed by atoms with Crippen molar-refractivity contribution in [2.24, 2.45) is 0 Å². The molecule has 1 heterocycles. The molecule has 2 aromatic rings. The molecule has 0 amide bonds. The number of sulfonamides is 1. The van der Waals surface area contributed by atoms with Crippen LogP contribution in [0.2, 0.25) is 0 Å². The molecule has 0 unspecified atom stereocenters. The largest absolute Gasteiger partial charge is 0.280 e. The first-order valence-electron chi connectivity index (χ1n) is 6.20. The van der Waals surface area contributed by atoms with E-state index < -0.39 is 10.0 Å². The third-order valence-corrected chi connectivity index (χ3v) is 4.69. The highest BCUT2D eigenvalue weighted by molar-refractivity contribution is 7.92. The highest BCUT2D eigenvalue weighted by Gasteiger charge is 2.18. The van der Waals surface area contributed by atoms with Gasteiger partial charge in [-0.25, -0.2) is 8.42 Å². The number of aryl methyl sites for hydroxylation is 2. The first-order valence-corrected chi connectivity index (χ1v) is 7.68. The molecule has 1 aliphatic rings. The highest BCUT2D eigenvalue weighted by Crippen LogP contribution is 2.25. The maximum Gasteiger partial charge on any atom is 0.261 e. The number of benzene rings is 1. The number of nitrogens with zero attached hydrogens (tertiary/aromatic N) is 1. The van der Waals surface area contributed by atoms with E-state index in [2.05, 4.69) is 9.71 Å². The standard InChI is InChI=1S/C14H14N2O2S/c17-19(18,16-13-6-8-15-9-7-13)14-5-4-11-2-1-3-12(11)10-14/h4-10H,1-3H2,(H,15,16). The molecule has 0 bridgehead atoms. The molecular weight excluding hydrogens is 260 g/mol. The summed E-state index contributed by atoms with van der Waals surface area (Å²) in [6.07, 6.45) is 6.24. The van der Waals surface area contributed by atoms with E-state index in [0.29, 0.717) is 10.6 Å². The molecule has 98 valence electrons. The summed E-state index contributed by atoms with van der Waals surface area (Å²) >= 11 is 0. The molecular formula is C14H14N2O2S. The summed E-state index contributed by atoms with van der Waals surface area (Å²) < 4.78 is 27.1. The Bertz CT molecular complexity index is 697. The Morgan fingerprint density at radius 1 is 1.00 bits per heavy atom. The summed E-state index contributed by atoms with van der Waals surface area (Å²) in [6, 6.07) is 8.64. The fraction of sp³-hybridized carbons (Fsp3) is 0.214. The van der Waals surface area contributed by atoms with Gasteiger partial charge in [-0.15, -0.1) is 0 Å². The summed E-state index contributed by atoms with van der Waals surface area (Å²) in [7, 11) is -3.51. The van der Waals surface area contributed by atoms with E-state index in [1.54, 1.807) is 36.7 Å². The minimum atomic E-state index is -3.51. The molecule has 0 atom stereocenters. The van der Waals surface area contributed by atoms with Crippen molar-refractivity contribution < 1.29 is 8.42 Å². The van der Waals surface area contributed by atoms with Gasteiger partial charge >= 0.3 is 0 Å². The van der Waals surface area contributed by atoms with Crippen LogP contribution in [0.3, 0.4) is 0 Å². The summed E-state index contributed by atoms with van der Waals surface area (Å²) in [5, 5.41) is 0. The Balaban J connectivity index is 1.92. The number of aromatic nitrogens is 1. The van der Waals surface area contributed by atoms with Crippen LogP contribution in [0.25, 0.3) is 0 Å². The van der Waals surface area contributed by atoms with Crippen LogP contribution in [0.4, 0.5) is 5.69 Å².